The summed E-state index contributed by atoms with van der Waals surface area (Å²) in [6.45, 7) is 3.73. The molecule has 0 aliphatic carbocycles. The molecule has 2 aromatic rings. The Kier molecular flexibility index (Phi) is 5.11. The van der Waals surface area contributed by atoms with E-state index >= 15 is 0 Å². The van der Waals surface area contributed by atoms with Gasteiger partial charge in [0.15, 0.2) is 0 Å². The van der Waals surface area contributed by atoms with Gasteiger partial charge < -0.3 is 10.1 Å². The molecule has 3 rings (SSSR count). The van der Waals surface area contributed by atoms with Crippen LogP contribution in [0.5, 0.6) is 0 Å². The second kappa shape index (κ2) is 7.45. The number of hydrogen-bond donors (Lipinski definition) is 1. The van der Waals surface area contributed by atoms with Gasteiger partial charge in [-0.1, -0.05) is 54.6 Å². The first-order valence-corrected chi connectivity index (χ1v) is 8.43. The molecule has 1 aliphatic heterocycles. The average molecular weight is 321 g/mol. The van der Waals surface area contributed by atoms with Crippen LogP contribution in [-0.4, -0.2) is 19.1 Å². The molecule has 0 saturated carbocycles. The highest BCUT2D eigenvalue weighted by Crippen LogP contribution is 2.35. The van der Waals surface area contributed by atoms with Crippen LogP contribution >= 0.6 is 0 Å². The van der Waals surface area contributed by atoms with E-state index in [1.54, 1.807) is 0 Å². The lowest BCUT2D eigenvalue weighted by atomic mass is 9.85. The highest BCUT2D eigenvalue weighted by Gasteiger charge is 2.37. The van der Waals surface area contributed by atoms with Crippen molar-refractivity contribution in [3.05, 3.63) is 77.4 Å². The molecule has 0 atom stereocenters. The monoisotopic (exact) mass is 321 g/mol. The zero-order valence-electron chi connectivity index (χ0n) is 14.0. The lowest BCUT2D eigenvalue weighted by Crippen LogP contribution is -2.42. The summed E-state index contributed by atoms with van der Waals surface area (Å²) in [5.41, 5.74) is 2.72. The smallest absolute Gasteiger partial charge is 0.331 e. The van der Waals surface area contributed by atoms with Crippen molar-refractivity contribution in [1.29, 1.82) is 0 Å². The van der Waals surface area contributed by atoms with Crippen molar-refractivity contribution < 1.29 is 9.53 Å². The molecule has 1 saturated heterocycles. The minimum atomic E-state index is -0.528. The summed E-state index contributed by atoms with van der Waals surface area (Å²) in [6.07, 6.45) is 4.95. The van der Waals surface area contributed by atoms with Crippen molar-refractivity contribution in [2.45, 2.75) is 25.4 Å². The number of esters is 1. The van der Waals surface area contributed by atoms with Gasteiger partial charge in [-0.3, -0.25) is 0 Å². The van der Waals surface area contributed by atoms with Crippen LogP contribution in [0.15, 0.2) is 60.7 Å². The molecule has 0 amide bonds. The van der Waals surface area contributed by atoms with E-state index in [0.717, 1.165) is 42.6 Å². The van der Waals surface area contributed by atoms with E-state index in [-0.39, 0.29) is 5.97 Å². The van der Waals surface area contributed by atoms with E-state index in [0.29, 0.717) is 0 Å². The van der Waals surface area contributed by atoms with E-state index in [2.05, 4.69) is 5.32 Å². The molecule has 0 bridgehead atoms. The minimum Gasteiger partial charge on any atom is -0.451 e. The Balaban J connectivity index is 1.78. The number of hydrogen-bond acceptors (Lipinski definition) is 3. The third-order valence-electron chi connectivity index (χ3n) is 4.59. The van der Waals surface area contributed by atoms with Crippen LogP contribution in [0.3, 0.4) is 0 Å². The minimum absolute atomic E-state index is 0.288. The fraction of sp³-hybridized carbons (Fsp3) is 0.286. The molecular formula is C21H23NO2. The quantitative estimate of drug-likeness (QED) is 0.687. The summed E-state index contributed by atoms with van der Waals surface area (Å²) in [5.74, 6) is -0.288. The second-order valence-electron chi connectivity index (χ2n) is 6.22. The SMILES string of the molecule is Cc1ccccc1/C=C/C(=O)OC1(c2ccccc2)CCNCC1. The molecule has 0 aromatic heterocycles. The number of carbonyl (C=O) groups excluding carboxylic acids is 1. The predicted molar refractivity (Wildman–Crippen MR) is 96.5 cm³/mol. The van der Waals surface area contributed by atoms with Gasteiger partial charge in [0.25, 0.3) is 0 Å². The molecule has 0 unspecified atom stereocenters. The number of ether oxygens (including phenoxy) is 1. The summed E-state index contributed by atoms with van der Waals surface area (Å²) in [5, 5.41) is 3.34. The number of aryl methyl sites for hydroxylation is 1. The van der Waals surface area contributed by atoms with E-state index in [9.17, 15) is 4.79 Å². The first kappa shape index (κ1) is 16.5. The first-order valence-electron chi connectivity index (χ1n) is 8.43. The summed E-state index contributed by atoms with van der Waals surface area (Å²) in [7, 11) is 0. The van der Waals surface area contributed by atoms with Crippen LogP contribution in [0.4, 0.5) is 0 Å². The van der Waals surface area contributed by atoms with Crippen molar-refractivity contribution in [1.82, 2.24) is 5.32 Å². The normalized spacial score (nSPS) is 16.9. The van der Waals surface area contributed by atoms with Gasteiger partial charge in [-0.15, -0.1) is 0 Å². The molecule has 1 aliphatic rings. The first-order chi connectivity index (χ1) is 11.7. The summed E-state index contributed by atoms with van der Waals surface area (Å²) >= 11 is 0. The molecule has 1 fully saturated rings. The zero-order chi connectivity index (χ0) is 16.8. The average Bonchev–Trinajstić information content (AvgIpc) is 2.62. The van der Waals surface area contributed by atoms with Crippen LogP contribution in [0, 0.1) is 6.92 Å². The largest absolute Gasteiger partial charge is 0.451 e. The number of benzene rings is 2. The van der Waals surface area contributed by atoms with Crippen molar-refractivity contribution in [2.75, 3.05) is 13.1 Å². The van der Waals surface area contributed by atoms with Gasteiger partial charge in [0, 0.05) is 18.9 Å². The van der Waals surface area contributed by atoms with Gasteiger partial charge in [0.05, 0.1) is 0 Å². The molecular weight excluding hydrogens is 298 g/mol. The summed E-state index contributed by atoms with van der Waals surface area (Å²) in [4.78, 5) is 12.4. The van der Waals surface area contributed by atoms with Crippen molar-refractivity contribution in [3.8, 4) is 0 Å². The maximum atomic E-state index is 12.4. The van der Waals surface area contributed by atoms with Gasteiger partial charge in [0.1, 0.15) is 5.60 Å². The van der Waals surface area contributed by atoms with Crippen LogP contribution in [0.25, 0.3) is 6.08 Å². The summed E-state index contributed by atoms with van der Waals surface area (Å²) < 4.78 is 5.96. The van der Waals surface area contributed by atoms with E-state index in [1.807, 2.05) is 67.6 Å². The van der Waals surface area contributed by atoms with Gasteiger partial charge in [-0.05, 0) is 42.8 Å². The topological polar surface area (TPSA) is 38.3 Å². The number of rotatable bonds is 4. The number of piperidine rings is 1. The molecule has 2 aromatic carbocycles. The molecule has 1 heterocycles. The summed E-state index contributed by atoms with van der Waals surface area (Å²) in [6, 6.07) is 18.1. The maximum absolute atomic E-state index is 12.4. The standard InChI is InChI=1S/C21H23NO2/c1-17-7-5-6-8-18(17)11-12-20(23)24-21(13-15-22-16-14-21)19-9-3-2-4-10-19/h2-12,22H,13-16H2,1H3/b12-11+. The van der Waals surface area contributed by atoms with Crippen LogP contribution in [0.2, 0.25) is 0 Å². The van der Waals surface area contributed by atoms with E-state index < -0.39 is 5.60 Å². The van der Waals surface area contributed by atoms with Crippen LogP contribution in [0.1, 0.15) is 29.5 Å². The molecule has 0 radical (unpaired) electrons. The predicted octanol–water partition coefficient (Wildman–Crippen LogP) is 3.83. The van der Waals surface area contributed by atoms with E-state index in [4.69, 9.17) is 4.74 Å². The molecule has 3 heteroatoms. The highest BCUT2D eigenvalue weighted by molar-refractivity contribution is 5.87. The Morgan fingerprint density at radius 2 is 1.71 bits per heavy atom. The third-order valence-corrected chi connectivity index (χ3v) is 4.59. The Morgan fingerprint density at radius 3 is 2.42 bits per heavy atom. The fourth-order valence-electron chi connectivity index (χ4n) is 3.18. The fourth-order valence-corrected chi connectivity index (χ4v) is 3.18. The highest BCUT2D eigenvalue weighted by atomic mass is 16.6. The lowest BCUT2D eigenvalue weighted by Gasteiger charge is -2.37. The third kappa shape index (κ3) is 3.74. The molecule has 124 valence electrons. The van der Waals surface area contributed by atoms with Crippen LogP contribution in [-0.2, 0) is 15.1 Å². The zero-order valence-corrected chi connectivity index (χ0v) is 14.0. The molecule has 1 N–H and O–H groups in total. The van der Waals surface area contributed by atoms with E-state index in [1.165, 1.54) is 6.08 Å². The van der Waals surface area contributed by atoms with Crippen LogP contribution < -0.4 is 5.32 Å². The van der Waals surface area contributed by atoms with Crippen molar-refractivity contribution in [2.24, 2.45) is 0 Å². The molecule has 24 heavy (non-hydrogen) atoms. The Bertz CT molecular complexity index is 716. The lowest BCUT2D eigenvalue weighted by molar-refractivity contribution is -0.157. The van der Waals surface area contributed by atoms with Crippen molar-refractivity contribution in [3.63, 3.8) is 0 Å². The van der Waals surface area contributed by atoms with Crippen molar-refractivity contribution >= 4 is 12.0 Å². The van der Waals surface area contributed by atoms with Gasteiger partial charge in [0.2, 0.25) is 0 Å². The van der Waals surface area contributed by atoms with Gasteiger partial charge >= 0.3 is 5.97 Å². The van der Waals surface area contributed by atoms with Gasteiger partial charge in [-0.25, -0.2) is 4.79 Å². The Labute approximate surface area is 143 Å². The Hall–Kier alpha value is -2.39. The molecule has 3 nitrogen and oxygen atoms in total. The maximum Gasteiger partial charge on any atom is 0.331 e. The Morgan fingerprint density at radius 1 is 1.04 bits per heavy atom. The second-order valence-corrected chi connectivity index (χ2v) is 6.22. The number of nitrogens with one attached hydrogen (secondary N) is 1. The van der Waals surface area contributed by atoms with Gasteiger partial charge in [-0.2, -0.15) is 0 Å². The molecule has 0 spiro atoms. The number of carbonyl (C=O) groups is 1.